The molecule has 8 heteroatoms. The monoisotopic (exact) mass is 372 g/mol. The van der Waals surface area contributed by atoms with Crippen LogP contribution in [0, 0.1) is 5.82 Å². The lowest BCUT2D eigenvalue weighted by molar-refractivity contribution is 0.600. The second-order valence-corrected chi connectivity index (χ2v) is 7.43. The molecule has 3 rings (SSSR count). The summed E-state index contributed by atoms with van der Waals surface area (Å²) in [5.74, 6) is 0.183. The summed E-state index contributed by atoms with van der Waals surface area (Å²) in [6, 6.07) is 18.3. The van der Waals surface area contributed by atoms with E-state index in [0.717, 1.165) is 5.56 Å². The fraction of sp³-hybridized carbons (Fsp3) is 0.111. The van der Waals surface area contributed by atoms with Gasteiger partial charge in [-0.25, -0.2) is 12.8 Å². The Morgan fingerprint density at radius 2 is 1.50 bits per heavy atom. The maximum atomic E-state index is 12.9. The quantitative estimate of drug-likeness (QED) is 0.664. The highest BCUT2D eigenvalue weighted by Gasteiger charge is 2.12. The van der Waals surface area contributed by atoms with Gasteiger partial charge < -0.3 is 5.32 Å². The van der Waals surface area contributed by atoms with Gasteiger partial charge in [0, 0.05) is 5.69 Å². The van der Waals surface area contributed by atoms with Crippen molar-refractivity contribution in [1.82, 2.24) is 10.2 Å². The van der Waals surface area contributed by atoms with Crippen molar-refractivity contribution in [1.29, 1.82) is 0 Å². The van der Waals surface area contributed by atoms with Crippen molar-refractivity contribution >= 4 is 27.3 Å². The molecule has 0 atom stereocenters. The van der Waals surface area contributed by atoms with Crippen molar-refractivity contribution in [2.24, 2.45) is 0 Å². The van der Waals surface area contributed by atoms with Crippen molar-refractivity contribution in [2.45, 2.75) is 6.42 Å². The number of sulfonamides is 1. The Kier molecular flexibility index (Phi) is 5.43. The molecule has 0 radical (unpaired) electrons. The molecule has 26 heavy (non-hydrogen) atoms. The molecule has 0 saturated carbocycles. The lowest BCUT2D eigenvalue weighted by atomic mass is 10.2. The van der Waals surface area contributed by atoms with E-state index < -0.39 is 10.0 Å². The minimum absolute atomic E-state index is 0.0473. The van der Waals surface area contributed by atoms with Crippen molar-refractivity contribution in [3.63, 3.8) is 0 Å². The summed E-state index contributed by atoms with van der Waals surface area (Å²) in [4.78, 5) is 0. The molecule has 0 aliphatic rings. The number of nitrogens with zero attached hydrogens (tertiary/aromatic N) is 2. The lowest BCUT2D eigenvalue weighted by Crippen LogP contribution is -2.19. The molecule has 0 amide bonds. The van der Waals surface area contributed by atoms with Crippen LogP contribution < -0.4 is 10.0 Å². The first kappa shape index (κ1) is 17.8. The largest absolute Gasteiger partial charge is 0.339 e. The number of halogens is 1. The van der Waals surface area contributed by atoms with E-state index in [-0.39, 0.29) is 17.4 Å². The van der Waals surface area contributed by atoms with Crippen LogP contribution in [0.15, 0.2) is 66.7 Å². The second kappa shape index (κ2) is 7.92. The van der Waals surface area contributed by atoms with E-state index in [4.69, 9.17) is 0 Å². The second-order valence-electron chi connectivity index (χ2n) is 5.59. The zero-order valence-electron chi connectivity index (χ0n) is 13.8. The molecular weight excluding hydrogens is 355 g/mol. The first-order valence-electron chi connectivity index (χ1n) is 7.91. The van der Waals surface area contributed by atoms with Crippen LogP contribution in [-0.2, 0) is 16.4 Å². The molecule has 0 saturated heterocycles. The van der Waals surface area contributed by atoms with Gasteiger partial charge >= 0.3 is 0 Å². The molecule has 2 N–H and O–H groups in total. The fourth-order valence-electron chi connectivity index (χ4n) is 2.24. The number of anilines is 3. The van der Waals surface area contributed by atoms with E-state index in [9.17, 15) is 12.8 Å². The molecule has 0 unspecified atom stereocenters. The van der Waals surface area contributed by atoms with Crippen LogP contribution in [0.4, 0.5) is 21.7 Å². The number of benzene rings is 2. The van der Waals surface area contributed by atoms with E-state index in [1.807, 2.05) is 30.3 Å². The summed E-state index contributed by atoms with van der Waals surface area (Å²) in [5.41, 5.74) is 1.60. The summed E-state index contributed by atoms with van der Waals surface area (Å²) in [6.45, 7) is 0. The van der Waals surface area contributed by atoms with Crippen molar-refractivity contribution in [3.8, 4) is 0 Å². The minimum Gasteiger partial charge on any atom is -0.339 e. The fourth-order valence-corrected chi connectivity index (χ4v) is 3.28. The Morgan fingerprint density at radius 3 is 2.15 bits per heavy atom. The van der Waals surface area contributed by atoms with E-state index in [1.165, 1.54) is 18.2 Å². The molecule has 134 valence electrons. The van der Waals surface area contributed by atoms with Crippen LogP contribution >= 0.6 is 0 Å². The van der Waals surface area contributed by atoms with Gasteiger partial charge in [-0.05, 0) is 48.4 Å². The highest BCUT2D eigenvalue weighted by molar-refractivity contribution is 7.92. The van der Waals surface area contributed by atoms with Gasteiger partial charge in [-0.3, -0.25) is 4.72 Å². The number of hydrogen-bond acceptors (Lipinski definition) is 5. The summed E-state index contributed by atoms with van der Waals surface area (Å²) >= 11 is 0. The van der Waals surface area contributed by atoms with E-state index in [0.29, 0.717) is 17.9 Å². The topological polar surface area (TPSA) is 84.0 Å². The number of hydrogen-bond donors (Lipinski definition) is 2. The average Bonchev–Trinajstić information content (AvgIpc) is 2.64. The number of rotatable bonds is 7. The number of aromatic nitrogens is 2. The molecule has 3 aromatic rings. The van der Waals surface area contributed by atoms with Crippen LogP contribution in [0.5, 0.6) is 0 Å². The standard InChI is InChI=1S/C18H17FN4O2S/c19-15-6-8-16(9-7-15)20-17-10-11-18(22-21-17)23-26(24,25)13-12-14-4-2-1-3-5-14/h1-11H,12-13H2,(H,20,21)(H,22,23). The van der Waals surface area contributed by atoms with Crippen LogP contribution in [0.3, 0.4) is 0 Å². The first-order chi connectivity index (χ1) is 12.5. The summed E-state index contributed by atoms with van der Waals surface area (Å²) in [5, 5.41) is 10.7. The van der Waals surface area contributed by atoms with Gasteiger partial charge in [0.2, 0.25) is 10.0 Å². The van der Waals surface area contributed by atoms with Crippen LogP contribution in [0.25, 0.3) is 0 Å². The molecule has 0 aliphatic carbocycles. The molecule has 2 aromatic carbocycles. The first-order valence-corrected chi connectivity index (χ1v) is 9.56. The lowest BCUT2D eigenvalue weighted by Gasteiger charge is -2.08. The minimum atomic E-state index is -3.52. The van der Waals surface area contributed by atoms with Crippen molar-refractivity contribution in [3.05, 3.63) is 78.1 Å². The Hall–Kier alpha value is -3.00. The molecular formula is C18H17FN4O2S. The van der Waals surface area contributed by atoms with Gasteiger partial charge in [0.15, 0.2) is 11.6 Å². The predicted molar refractivity (Wildman–Crippen MR) is 99.3 cm³/mol. The Morgan fingerprint density at radius 1 is 0.846 bits per heavy atom. The smallest absolute Gasteiger partial charge is 0.234 e. The zero-order valence-corrected chi connectivity index (χ0v) is 14.6. The molecule has 0 fully saturated rings. The van der Waals surface area contributed by atoms with E-state index >= 15 is 0 Å². The van der Waals surface area contributed by atoms with Gasteiger partial charge in [-0.15, -0.1) is 10.2 Å². The van der Waals surface area contributed by atoms with Crippen LogP contribution in [0.1, 0.15) is 5.56 Å². The maximum absolute atomic E-state index is 12.9. The van der Waals surface area contributed by atoms with Crippen molar-refractivity contribution in [2.75, 3.05) is 15.8 Å². The summed E-state index contributed by atoms with van der Waals surface area (Å²) in [7, 11) is -3.52. The third kappa shape index (κ3) is 5.25. The Bertz CT molecular complexity index is 947. The van der Waals surface area contributed by atoms with Crippen LogP contribution in [0.2, 0.25) is 0 Å². The average molecular weight is 372 g/mol. The maximum Gasteiger partial charge on any atom is 0.234 e. The molecule has 0 bridgehead atoms. The number of nitrogens with one attached hydrogen (secondary N) is 2. The van der Waals surface area contributed by atoms with Gasteiger partial charge in [0.1, 0.15) is 5.82 Å². The van der Waals surface area contributed by atoms with Gasteiger partial charge in [0.25, 0.3) is 0 Å². The van der Waals surface area contributed by atoms with E-state index in [2.05, 4.69) is 20.2 Å². The molecule has 1 heterocycles. The number of aryl methyl sites for hydroxylation is 1. The summed E-state index contributed by atoms with van der Waals surface area (Å²) in [6.07, 6.45) is 0.411. The van der Waals surface area contributed by atoms with Crippen molar-refractivity contribution < 1.29 is 12.8 Å². The molecule has 6 nitrogen and oxygen atoms in total. The molecule has 0 spiro atoms. The Labute approximate surface area is 151 Å². The van der Waals surface area contributed by atoms with Crippen LogP contribution in [-0.4, -0.2) is 24.4 Å². The predicted octanol–water partition coefficient (Wildman–Crippen LogP) is 3.34. The highest BCUT2D eigenvalue weighted by atomic mass is 32.2. The third-order valence-corrected chi connectivity index (χ3v) is 4.81. The Balaban J connectivity index is 1.58. The van der Waals surface area contributed by atoms with Gasteiger partial charge in [0.05, 0.1) is 5.75 Å². The zero-order chi connectivity index (χ0) is 18.4. The summed E-state index contributed by atoms with van der Waals surface area (Å²) < 4.78 is 39.6. The van der Waals surface area contributed by atoms with Gasteiger partial charge in [-0.2, -0.15) is 0 Å². The van der Waals surface area contributed by atoms with Gasteiger partial charge in [-0.1, -0.05) is 30.3 Å². The SMILES string of the molecule is O=S(=O)(CCc1ccccc1)Nc1ccc(Nc2ccc(F)cc2)nn1. The molecule has 0 aliphatic heterocycles. The normalized spacial score (nSPS) is 11.1. The highest BCUT2D eigenvalue weighted by Crippen LogP contribution is 2.15. The third-order valence-electron chi connectivity index (χ3n) is 3.54. The van der Waals surface area contributed by atoms with E-state index in [1.54, 1.807) is 18.2 Å². The molecule has 1 aromatic heterocycles.